The number of carbonyl (C=O) groups excluding carboxylic acids is 1. The smallest absolute Gasteiger partial charge is 0.245 e. The second kappa shape index (κ2) is 14.5. The van der Waals surface area contributed by atoms with Gasteiger partial charge in [-0.15, -0.1) is 0 Å². The molecule has 3 aliphatic heterocycles. The van der Waals surface area contributed by atoms with Gasteiger partial charge in [0.2, 0.25) is 5.91 Å². The van der Waals surface area contributed by atoms with Crippen molar-refractivity contribution in [2.75, 3.05) is 50.2 Å². The fourth-order valence-electron chi connectivity index (χ4n) is 7.86. The first-order chi connectivity index (χ1) is 27.2. The van der Waals surface area contributed by atoms with E-state index in [-0.39, 0.29) is 55.0 Å². The number of anilines is 2. The number of imidazole rings is 1. The Morgan fingerprint density at radius 1 is 1.04 bits per heavy atom. The fraction of sp³-hybridized carbons (Fsp3) is 0.359. The molecule has 6 aromatic rings. The number of likely N-dealkylation sites (N-methyl/N-ethyl adjacent to an activating group) is 1. The number of carbonyl (C=O) groups is 1. The number of benzene rings is 1. The Bertz CT molecular complexity index is 2500. The topological polar surface area (TPSA) is 150 Å². The van der Waals surface area contributed by atoms with Gasteiger partial charge in [0.15, 0.2) is 23.0 Å². The fourth-order valence-corrected chi connectivity index (χ4v) is 7.86. The van der Waals surface area contributed by atoms with Crippen molar-refractivity contribution in [3.05, 3.63) is 84.2 Å². The molecule has 288 valence electrons. The number of nitrogens with one attached hydrogen (secondary N) is 1. The summed E-state index contributed by atoms with van der Waals surface area (Å²) < 4.78 is 51.5. The van der Waals surface area contributed by atoms with Gasteiger partial charge in [-0.1, -0.05) is 12.1 Å². The highest BCUT2D eigenvalue weighted by molar-refractivity contribution is 5.93. The van der Waals surface area contributed by atoms with E-state index in [0.717, 1.165) is 29.0 Å². The molecule has 3 aliphatic rings. The van der Waals surface area contributed by atoms with Crippen molar-refractivity contribution in [3.63, 3.8) is 0 Å². The van der Waals surface area contributed by atoms with Gasteiger partial charge in [0.25, 0.3) is 0 Å². The van der Waals surface area contributed by atoms with Crippen molar-refractivity contribution < 1.29 is 27.8 Å². The molecule has 5 aromatic heterocycles. The van der Waals surface area contributed by atoms with E-state index in [1.54, 1.807) is 30.3 Å². The van der Waals surface area contributed by atoms with Crippen LogP contribution in [-0.4, -0.2) is 108 Å². The number of ether oxygens (including phenoxy) is 3. The zero-order valence-electron chi connectivity index (χ0n) is 31.0. The molecule has 1 aromatic carbocycles. The lowest BCUT2D eigenvalue weighted by Crippen LogP contribution is -2.47. The Hall–Kier alpha value is -6.07. The molecular formula is C39H39F2N11O4. The van der Waals surface area contributed by atoms with Crippen LogP contribution >= 0.6 is 0 Å². The number of hydrogen-bond donors (Lipinski definition) is 1. The molecular weight excluding hydrogens is 724 g/mol. The van der Waals surface area contributed by atoms with Crippen molar-refractivity contribution in [1.82, 2.24) is 44.2 Å². The summed E-state index contributed by atoms with van der Waals surface area (Å²) in [4.78, 5) is 42.7. The van der Waals surface area contributed by atoms with Crippen LogP contribution in [0.5, 0.6) is 5.75 Å². The number of aryl methyl sites for hydroxylation is 1. The van der Waals surface area contributed by atoms with E-state index >= 15 is 4.39 Å². The Morgan fingerprint density at radius 2 is 1.91 bits per heavy atom. The quantitative estimate of drug-likeness (QED) is 0.251. The van der Waals surface area contributed by atoms with Crippen LogP contribution in [-0.2, 0) is 27.4 Å². The molecule has 0 radical (unpaired) electrons. The van der Waals surface area contributed by atoms with Crippen molar-refractivity contribution >= 4 is 39.6 Å². The highest BCUT2D eigenvalue weighted by Gasteiger charge is 2.41. The second-order valence-corrected chi connectivity index (χ2v) is 14.0. The number of halogens is 2. The lowest BCUT2D eigenvalue weighted by Gasteiger charge is -2.31. The predicted octanol–water partition coefficient (Wildman–Crippen LogP) is 4.61. The predicted molar refractivity (Wildman–Crippen MR) is 203 cm³/mol. The molecule has 1 N–H and O–H groups in total. The minimum atomic E-state index is -0.877. The Kier molecular flexibility index (Phi) is 9.25. The highest BCUT2D eigenvalue weighted by Crippen LogP contribution is 2.36. The molecule has 0 aliphatic carbocycles. The lowest BCUT2D eigenvalue weighted by molar-refractivity contribution is -0.133. The minimum Gasteiger partial charge on any atom is -0.487 e. The molecule has 1 saturated heterocycles. The first kappa shape index (κ1) is 35.6. The average molecular weight is 764 g/mol. The van der Waals surface area contributed by atoms with Gasteiger partial charge in [0.1, 0.15) is 53.9 Å². The molecule has 0 saturated carbocycles. The Morgan fingerprint density at radius 3 is 2.79 bits per heavy atom. The number of amides is 1. The van der Waals surface area contributed by atoms with Crippen molar-refractivity contribution in [1.29, 1.82) is 0 Å². The first-order valence-corrected chi connectivity index (χ1v) is 18.5. The summed E-state index contributed by atoms with van der Waals surface area (Å²) in [6, 6.07) is 8.59. The van der Waals surface area contributed by atoms with Crippen LogP contribution in [0.3, 0.4) is 0 Å². The van der Waals surface area contributed by atoms with Crippen LogP contribution in [0.25, 0.3) is 39.1 Å². The zero-order chi connectivity index (χ0) is 38.5. The molecule has 9 rings (SSSR count). The van der Waals surface area contributed by atoms with Gasteiger partial charge >= 0.3 is 0 Å². The normalized spacial score (nSPS) is 20.7. The Balaban J connectivity index is 1.17. The molecule has 1 fully saturated rings. The summed E-state index contributed by atoms with van der Waals surface area (Å²) in [7, 11) is 1.78. The average Bonchev–Trinajstić information content (AvgIpc) is 3.88. The maximum atomic E-state index is 15.7. The number of nitrogens with zero attached hydrogens (tertiary/aromatic N) is 10. The van der Waals surface area contributed by atoms with Gasteiger partial charge in [-0.25, -0.2) is 33.4 Å². The number of aromatic nitrogens is 8. The molecule has 0 spiro atoms. The van der Waals surface area contributed by atoms with Crippen LogP contribution in [0.15, 0.2) is 60.9 Å². The molecule has 0 unspecified atom stereocenters. The summed E-state index contributed by atoms with van der Waals surface area (Å²) in [6.07, 6.45) is 6.74. The van der Waals surface area contributed by atoms with Crippen LogP contribution in [0.1, 0.15) is 25.0 Å². The summed E-state index contributed by atoms with van der Waals surface area (Å²) >= 11 is 0. The first-order valence-electron chi connectivity index (χ1n) is 18.5. The van der Waals surface area contributed by atoms with Gasteiger partial charge in [-0.3, -0.25) is 9.78 Å². The number of pyridine rings is 2. The van der Waals surface area contributed by atoms with E-state index < -0.39 is 17.7 Å². The largest absolute Gasteiger partial charge is 0.487 e. The number of hydrogen-bond acceptors (Lipinski definition) is 12. The van der Waals surface area contributed by atoms with E-state index in [4.69, 9.17) is 39.1 Å². The third-order valence-electron chi connectivity index (χ3n) is 10.3. The van der Waals surface area contributed by atoms with Gasteiger partial charge in [-0.2, -0.15) is 5.10 Å². The van der Waals surface area contributed by atoms with Crippen LogP contribution in [0.4, 0.5) is 20.4 Å². The van der Waals surface area contributed by atoms with Crippen LogP contribution in [0.2, 0.25) is 0 Å². The van der Waals surface area contributed by atoms with E-state index in [1.807, 2.05) is 43.0 Å². The second-order valence-electron chi connectivity index (χ2n) is 14.0. The van der Waals surface area contributed by atoms with E-state index in [9.17, 15) is 9.18 Å². The van der Waals surface area contributed by atoms with Gasteiger partial charge in [0, 0.05) is 51.1 Å². The maximum Gasteiger partial charge on any atom is 0.245 e. The zero-order valence-corrected chi connectivity index (χ0v) is 31.0. The molecule has 6 bridgehead atoms. The van der Waals surface area contributed by atoms with Crippen molar-refractivity contribution in [2.45, 2.75) is 51.6 Å². The molecule has 56 heavy (non-hydrogen) atoms. The lowest BCUT2D eigenvalue weighted by atomic mass is 10.1. The summed E-state index contributed by atoms with van der Waals surface area (Å²) in [5.74, 6) is 0.269. The van der Waals surface area contributed by atoms with Gasteiger partial charge in [-0.05, 0) is 44.5 Å². The van der Waals surface area contributed by atoms with E-state index in [2.05, 4.69) is 15.0 Å². The highest BCUT2D eigenvalue weighted by atomic mass is 19.1. The third kappa shape index (κ3) is 6.45. The van der Waals surface area contributed by atoms with Gasteiger partial charge < -0.3 is 33.9 Å². The van der Waals surface area contributed by atoms with Crippen molar-refractivity contribution in [3.8, 4) is 22.8 Å². The standard InChI is InChI=1S/C39H39F2N11O4/c1-4-55-25-19-49(3)39(53)30-16-24(45-32-9-7-8-28(46-32)34-36-29(10-11-42-34)44-22(2)50(36)20-25)18-51(30)37-26-17-43-52-35-27(41)14-23(40)15-31(35)56-13-6-5-12-54-21-33(47-37)48-38(26)52/h5-11,14-15,17,24-25,30H,4,12-13,16,18-21H2,1-3H3,(H,45,46)/b6-5+/t24-,25-,30-/m0/s1. The molecule has 3 atom stereocenters. The van der Waals surface area contributed by atoms with Gasteiger partial charge in [0.05, 0.1) is 47.6 Å². The molecule has 1 amide bonds. The number of rotatable bonds is 3. The summed E-state index contributed by atoms with van der Waals surface area (Å²) in [5.41, 5.74) is 3.16. The maximum absolute atomic E-state index is 15.7. The third-order valence-corrected chi connectivity index (χ3v) is 10.3. The van der Waals surface area contributed by atoms with Crippen molar-refractivity contribution in [2.24, 2.45) is 0 Å². The van der Waals surface area contributed by atoms with Crippen LogP contribution in [0, 0.1) is 18.6 Å². The SMILES string of the molecule is CCO[C@H]1CN(C)C(=O)[C@@H]2C[C@@H](CN2c2nc3nc4c2cnn4-c2c(F)cc(F)cc2OC/C=C/COC3)Nc2cccc(n2)-c2nccc3nc(C)n(c23)C1. The summed E-state index contributed by atoms with van der Waals surface area (Å²) in [6.45, 7) is 5.70. The minimum absolute atomic E-state index is 0.0231. The summed E-state index contributed by atoms with van der Waals surface area (Å²) in [5, 5.41) is 8.57. The molecule has 8 heterocycles. The van der Waals surface area contributed by atoms with E-state index in [0.29, 0.717) is 66.9 Å². The Labute approximate surface area is 319 Å². The van der Waals surface area contributed by atoms with E-state index in [1.165, 1.54) is 10.9 Å². The molecule has 15 nitrogen and oxygen atoms in total. The molecule has 17 heteroatoms. The number of fused-ring (bicyclic) bond motifs is 8. The van der Waals surface area contributed by atoms with Crippen LogP contribution < -0.4 is 15.0 Å². The monoisotopic (exact) mass is 763 g/mol.